The minimum atomic E-state index is -0.951. The van der Waals surface area contributed by atoms with Crippen LogP contribution in [0.3, 0.4) is 0 Å². The number of aryl methyl sites for hydroxylation is 4. The second kappa shape index (κ2) is 78.2. The zero-order valence-electron chi connectivity index (χ0n) is 86.2. The second-order valence-electron chi connectivity index (χ2n) is 29.4. The molecule has 17 aromatic rings. The Morgan fingerprint density at radius 2 is 0.459 bits per heavy atom. The van der Waals surface area contributed by atoms with Crippen LogP contribution in [0, 0.1) is 63.7 Å². The van der Waals surface area contributed by atoms with Gasteiger partial charge in [0, 0.05) is 89.6 Å². The molecule has 17 rings (SSSR count). The van der Waals surface area contributed by atoms with Gasteiger partial charge in [0.15, 0.2) is 0 Å². The van der Waals surface area contributed by atoms with Crippen molar-refractivity contribution in [2.24, 2.45) is 17.2 Å². The van der Waals surface area contributed by atoms with E-state index in [-0.39, 0.29) is 36.2 Å². The van der Waals surface area contributed by atoms with Gasteiger partial charge in [-0.1, -0.05) is 517 Å². The van der Waals surface area contributed by atoms with Crippen molar-refractivity contribution in [2.45, 2.75) is 96.9 Å². The zero-order valence-corrected chi connectivity index (χ0v) is 91.3. The van der Waals surface area contributed by atoms with Crippen LogP contribution in [0.15, 0.2) is 516 Å². The van der Waals surface area contributed by atoms with E-state index in [4.69, 9.17) is 39.6 Å². The molecule has 0 atom stereocenters. The molecule has 754 valence electrons. The third-order valence-corrected chi connectivity index (χ3v) is 29.5. The third-order valence-electron chi connectivity index (χ3n) is 19.7. The number of nitrogens with one attached hydrogen (secondary N) is 1. The Kier molecular flexibility index (Phi) is 66.8. The monoisotopic (exact) mass is 2100 g/mol. The van der Waals surface area contributed by atoms with Crippen LogP contribution in [-0.4, -0.2) is 28.1 Å². The van der Waals surface area contributed by atoms with Crippen LogP contribution in [0.5, 0.6) is 0 Å². The van der Waals surface area contributed by atoms with E-state index >= 15 is 0 Å². The number of nitrogen functional groups attached to an aromatic ring is 1. The molecule has 0 saturated carbocycles. The SMILES string of the molecule is C#C/C=C/N.CC.CC.CC.CC.CC.Cc1ccc(C(=O)Nc2ccccc2)cc1C#C/C=C/N.Cc1ccc(C(=O)O)cc1C.Cc1ccc(C(=O)O)cc1C#C/C=C/N.Nc1ccccc1.[3HH].[3HH].[3HH].[Pd].c1ccc(P(c2ccccc2)c2ccccc2)cc1.c1ccc(P(c2ccccc2)c2ccccc2)cc1.c1ccc(P(c2ccccc2)c2ccccc2)cc1.c1ccc(P(c2ccccc2)c2ccccc2)cc1. The average molecular weight is 2110 g/mol. The predicted molar refractivity (Wildman–Crippen MR) is 644 cm³/mol. The van der Waals surface area contributed by atoms with Crippen molar-refractivity contribution in [3.8, 4) is 36.0 Å². The first-order valence-electron chi connectivity index (χ1n) is 48.4. The number of aromatic carboxylic acids is 2. The normalized spacial score (nSPS) is 9.54. The van der Waals surface area contributed by atoms with Gasteiger partial charge in [0.2, 0.25) is 0 Å². The largest absolute Gasteiger partial charge is 0.478 e. The van der Waals surface area contributed by atoms with Crippen LogP contribution >= 0.6 is 31.7 Å². The Labute approximate surface area is 894 Å². The molecule has 15 heteroatoms. The summed E-state index contributed by atoms with van der Waals surface area (Å²) in [5.41, 5.74) is 28.9. The summed E-state index contributed by atoms with van der Waals surface area (Å²) in [6, 6.07) is 164. The van der Waals surface area contributed by atoms with Gasteiger partial charge in [-0.05, 0) is 206 Å². The van der Waals surface area contributed by atoms with Gasteiger partial charge in [-0.2, -0.15) is 0 Å². The minimum absolute atomic E-state index is 0. The standard InChI is InChI=1S/C18H16N2O.4C18H15P.C12H11NO2.C9H10O2.C6H7N.C4H5N.5C2H6.Pd.3H2/c1-14-10-11-16(13-15(14)7-5-6-12-19)18(21)20-17-8-3-2-4-9-17;4*1-4-10-16(11-5-1)19(17-12-6-2-7-13-17)18-14-8-3-9-15-18;1-9-5-6-11(12(14)15)8-10(9)4-2-3-7-13;1-6-3-4-8(9(10)11)5-7(6)2;7-6-4-2-1-3-5-6;1-2-3-4-5;5*1-2;;;;/h2-4,6,8-13H,19H2,1H3,(H,20,21);4*1-15H;3,5-8H,13H2,1H3,(H,14,15);3-5H,1-2H3,(H,10,11);1-5H,7H2;1,3-4H,5H2;5*1-2H3;;3*1H/b12-6+;;;;;7-3+;;;4-3+;;;;;;;;;/i;;;;;;;;;;;;;;;3*1+2. The molecule has 0 spiro atoms. The molecular weight excluding hydrogens is 1950 g/mol. The third kappa shape index (κ3) is 46.8. The summed E-state index contributed by atoms with van der Waals surface area (Å²) in [6.07, 6.45) is 13.3. The fourth-order valence-electron chi connectivity index (χ4n) is 12.9. The maximum absolute atomic E-state index is 12.2. The van der Waals surface area contributed by atoms with Crippen LogP contribution < -0.4 is 91.9 Å². The summed E-state index contributed by atoms with van der Waals surface area (Å²) in [6.45, 7) is 27.7. The summed E-state index contributed by atoms with van der Waals surface area (Å²) in [4.78, 5) is 33.4. The molecular formula is C131H145N5O5P4Pd. The van der Waals surface area contributed by atoms with Gasteiger partial charge >= 0.3 is 11.9 Å². The van der Waals surface area contributed by atoms with Crippen LogP contribution in [-0.2, 0) is 20.4 Å². The van der Waals surface area contributed by atoms with Gasteiger partial charge in [-0.15, -0.1) is 6.42 Å². The van der Waals surface area contributed by atoms with Crippen molar-refractivity contribution >= 4 is 125 Å². The number of amides is 1. The molecule has 0 unspecified atom stereocenters. The Hall–Kier alpha value is -15.4. The molecule has 0 bridgehead atoms. The van der Waals surface area contributed by atoms with E-state index in [0.717, 1.165) is 39.2 Å². The number of rotatable bonds is 16. The van der Waals surface area contributed by atoms with Crippen LogP contribution in [0.1, 0.15) is 138 Å². The minimum Gasteiger partial charge on any atom is -0.478 e. The average Bonchev–Trinajstić information content (AvgIpc) is 0.828. The molecule has 0 aromatic heterocycles. The van der Waals surface area contributed by atoms with Gasteiger partial charge < -0.3 is 38.5 Å². The van der Waals surface area contributed by atoms with Crippen LogP contribution in [0.25, 0.3) is 0 Å². The van der Waals surface area contributed by atoms with Crippen molar-refractivity contribution in [3.63, 3.8) is 0 Å². The second-order valence-corrected chi connectivity index (χ2v) is 38.2. The number of allylic oxidation sites excluding steroid dienone is 3. The number of nitrogens with two attached hydrogens (primary N) is 4. The molecule has 10 nitrogen and oxygen atoms in total. The first kappa shape index (κ1) is 125. The van der Waals surface area contributed by atoms with Crippen molar-refractivity contribution in [1.82, 2.24) is 0 Å². The molecule has 11 N–H and O–H groups in total. The van der Waals surface area contributed by atoms with Gasteiger partial charge in [0.1, 0.15) is 0 Å². The van der Waals surface area contributed by atoms with Gasteiger partial charge in [-0.25, -0.2) is 9.59 Å². The Morgan fingerprint density at radius 1 is 0.267 bits per heavy atom. The van der Waals surface area contributed by atoms with E-state index in [0.29, 0.717) is 16.7 Å². The first-order chi connectivity index (χ1) is 71.1. The maximum atomic E-state index is 12.2. The Bertz CT molecular complexity index is 5800. The number of para-hydroxylation sites is 2. The number of carbonyl (C=O) groups excluding carboxylic acids is 1. The summed E-state index contributed by atoms with van der Waals surface area (Å²) < 4.78 is 0. The fourth-order valence-corrected chi connectivity index (χ4v) is 22.2. The molecule has 0 aliphatic rings. The maximum Gasteiger partial charge on any atom is 0.335 e. The molecule has 0 radical (unpaired) electrons. The number of carboxylic acid groups (broad SMARTS) is 2. The molecule has 0 aliphatic heterocycles. The zero-order chi connectivity index (χ0) is 106. The molecule has 0 saturated heterocycles. The van der Waals surface area contributed by atoms with E-state index in [1.807, 2.05) is 170 Å². The van der Waals surface area contributed by atoms with E-state index in [1.165, 1.54) is 94.4 Å². The van der Waals surface area contributed by atoms with E-state index in [9.17, 15) is 14.4 Å². The summed E-state index contributed by atoms with van der Waals surface area (Å²) >= 11 is 0. The Morgan fingerprint density at radius 3 is 0.644 bits per heavy atom. The Balaban J connectivity index is 0.00000166. The van der Waals surface area contributed by atoms with Crippen molar-refractivity contribution < 1.29 is 49.3 Å². The fraction of sp³-hybridized carbons (Fsp3) is 0.107. The number of hydrogen-bond acceptors (Lipinski definition) is 7. The van der Waals surface area contributed by atoms with Crippen LogP contribution in [0.2, 0.25) is 0 Å². The summed E-state index contributed by atoms with van der Waals surface area (Å²) in [5.74, 6) is 11.6. The van der Waals surface area contributed by atoms with E-state index in [2.05, 4.69) is 399 Å². The molecule has 146 heavy (non-hydrogen) atoms. The summed E-state index contributed by atoms with van der Waals surface area (Å²) in [7, 11) is -1.78. The number of carbonyl (C=O) groups is 3. The van der Waals surface area contributed by atoms with Crippen LogP contribution in [0.4, 0.5) is 11.4 Å². The number of benzene rings is 17. The molecule has 1 amide bonds. The molecule has 17 aromatic carbocycles. The van der Waals surface area contributed by atoms with Crippen molar-refractivity contribution in [2.75, 3.05) is 11.1 Å². The molecule has 0 fully saturated rings. The topological polar surface area (TPSA) is 208 Å². The van der Waals surface area contributed by atoms with E-state index < -0.39 is 43.6 Å². The summed E-state index contributed by atoms with van der Waals surface area (Å²) in [5, 5.41) is 37.0. The molecule has 0 heterocycles. The van der Waals surface area contributed by atoms with Crippen molar-refractivity contribution in [1.29, 1.82) is 0 Å². The number of hydrogen-bond donors (Lipinski definition) is 7. The smallest absolute Gasteiger partial charge is 0.335 e. The quantitative estimate of drug-likeness (QED) is 0.0212. The van der Waals surface area contributed by atoms with Gasteiger partial charge in [-0.3, -0.25) is 4.79 Å². The molecule has 0 aliphatic carbocycles. The first-order valence-corrected chi connectivity index (χ1v) is 53.8. The number of terminal acetylenes is 1. The number of carboxylic acids is 2. The van der Waals surface area contributed by atoms with Gasteiger partial charge in [0.25, 0.3) is 5.91 Å². The number of anilines is 2. The van der Waals surface area contributed by atoms with Gasteiger partial charge in [0.05, 0.1) is 11.1 Å². The van der Waals surface area contributed by atoms with E-state index in [1.54, 1.807) is 48.5 Å². The van der Waals surface area contributed by atoms with Crippen molar-refractivity contribution in [3.05, 3.63) is 566 Å². The predicted octanol–water partition coefficient (Wildman–Crippen LogP) is 27.6.